The van der Waals surface area contributed by atoms with Crippen LogP contribution in [0.1, 0.15) is 38.3 Å². The van der Waals surface area contributed by atoms with Gasteiger partial charge >= 0.3 is 0 Å². The van der Waals surface area contributed by atoms with Crippen molar-refractivity contribution in [2.24, 2.45) is 15.9 Å². The second kappa shape index (κ2) is 9.79. The summed E-state index contributed by atoms with van der Waals surface area (Å²) >= 11 is 1.27. The fraction of sp³-hybridized carbons (Fsp3) is 0.360. The van der Waals surface area contributed by atoms with E-state index < -0.39 is 11.3 Å². The van der Waals surface area contributed by atoms with Crippen LogP contribution in [-0.2, 0) is 16.1 Å². The number of methoxy groups -OCH3 is 1. The molecule has 33 heavy (non-hydrogen) atoms. The number of aliphatic imine (C=N–C) groups is 2. The van der Waals surface area contributed by atoms with Crippen molar-refractivity contribution in [1.29, 1.82) is 0 Å². The third-order valence-electron chi connectivity index (χ3n) is 5.49. The first-order chi connectivity index (χ1) is 15.9. The van der Waals surface area contributed by atoms with Crippen LogP contribution in [0.15, 0.2) is 58.5 Å². The lowest BCUT2D eigenvalue weighted by Gasteiger charge is -2.27. The van der Waals surface area contributed by atoms with Crippen molar-refractivity contribution in [2.75, 3.05) is 7.11 Å². The summed E-state index contributed by atoms with van der Waals surface area (Å²) in [6.45, 7) is 6.37. The Morgan fingerprint density at radius 3 is 2.73 bits per heavy atom. The summed E-state index contributed by atoms with van der Waals surface area (Å²) in [6, 6.07) is 14.8. The van der Waals surface area contributed by atoms with E-state index in [1.165, 1.54) is 11.8 Å². The molecular weight excluding hydrogens is 436 g/mol. The number of nitrogens with zero attached hydrogens (tertiary/aromatic N) is 3. The van der Waals surface area contributed by atoms with E-state index >= 15 is 0 Å². The maximum atomic E-state index is 13.2. The van der Waals surface area contributed by atoms with Crippen LogP contribution in [0, 0.1) is 5.92 Å². The Morgan fingerprint density at radius 1 is 1.18 bits per heavy atom. The number of benzene rings is 2. The van der Waals surface area contributed by atoms with Crippen LogP contribution >= 0.6 is 11.8 Å². The van der Waals surface area contributed by atoms with E-state index in [0.717, 1.165) is 22.6 Å². The number of carbonyl (C=O) groups is 2. The Balaban J connectivity index is 1.50. The number of hydrogen-bond acceptors (Lipinski definition) is 6. The van der Waals surface area contributed by atoms with Gasteiger partial charge in [0.15, 0.2) is 5.17 Å². The molecule has 0 aromatic heterocycles. The van der Waals surface area contributed by atoms with Crippen molar-refractivity contribution < 1.29 is 14.3 Å². The minimum atomic E-state index is -0.446. The number of para-hydroxylation sites is 1. The predicted molar refractivity (Wildman–Crippen MR) is 132 cm³/mol. The van der Waals surface area contributed by atoms with Crippen LogP contribution in [-0.4, -0.2) is 46.1 Å². The first kappa shape index (κ1) is 23.0. The molecule has 2 atom stereocenters. The Bertz CT molecular complexity index is 1130. The SMILES string of the molecule is COc1cccc(CNC(=O)[C@H](C)SC2=Nc3ccccc3C3=N[C@@H](CC(C)C)C(=O)N23)c1. The molecule has 0 saturated heterocycles. The van der Waals surface area contributed by atoms with Gasteiger partial charge in [0.2, 0.25) is 5.91 Å². The number of amidine groups is 2. The molecule has 7 nitrogen and oxygen atoms in total. The van der Waals surface area contributed by atoms with Crippen molar-refractivity contribution in [1.82, 2.24) is 10.2 Å². The van der Waals surface area contributed by atoms with Crippen LogP contribution in [0.25, 0.3) is 0 Å². The summed E-state index contributed by atoms with van der Waals surface area (Å²) in [4.78, 5) is 37.1. The predicted octanol–water partition coefficient (Wildman–Crippen LogP) is 4.14. The molecule has 8 heteroatoms. The number of carbonyl (C=O) groups excluding carboxylic acids is 2. The maximum Gasteiger partial charge on any atom is 0.259 e. The molecule has 2 heterocycles. The zero-order valence-corrected chi connectivity index (χ0v) is 20.1. The fourth-order valence-corrected chi connectivity index (χ4v) is 4.75. The Morgan fingerprint density at radius 2 is 1.97 bits per heavy atom. The average Bonchev–Trinajstić information content (AvgIpc) is 3.13. The van der Waals surface area contributed by atoms with Crippen LogP contribution in [0.3, 0.4) is 0 Å². The molecule has 0 unspecified atom stereocenters. The number of rotatable bonds is 7. The molecule has 2 aromatic rings. The van der Waals surface area contributed by atoms with Gasteiger partial charge in [-0.2, -0.15) is 0 Å². The number of hydrogen-bond donors (Lipinski definition) is 1. The first-order valence-electron chi connectivity index (χ1n) is 11.0. The van der Waals surface area contributed by atoms with Crippen LogP contribution in [0.2, 0.25) is 0 Å². The molecule has 2 aromatic carbocycles. The van der Waals surface area contributed by atoms with E-state index in [2.05, 4.69) is 19.2 Å². The van der Waals surface area contributed by atoms with Crippen molar-refractivity contribution in [3.05, 3.63) is 59.7 Å². The molecule has 2 amide bonds. The molecule has 4 rings (SSSR count). The Labute approximate surface area is 198 Å². The number of ether oxygens (including phenoxy) is 1. The lowest BCUT2D eigenvalue weighted by Crippen LogP contribution is -2.43. The quantitative estimate of drug-likeness (QED) is 0.668. The zero-order chi connectivity index (χ0) is 23.5. The van der Waals surface area contributed by atoms with Crippen molar-refractivity contribution >= 4 is 40.3 Å². The van der Waals surface area contributed by atoms with Gasteiger partial charge in [0.1, 0.15) is 17.6 Å². The summed E-state index contributed by atoms with van der Waals surface area (Å²) in [5.41, 5.74) is 2.55. The molecule has 0 bridgehead atoms. The van der Waals surface area contributed by atoms with Gasteiger partial charge in [0.05, 0.1) is 18.0 Å². The minimum absolute atomic E-state index is 0.0801. The smallest absolute Gasteiger partial charge is 0.259 e. The molecule has 0 saturated carbocycles. The number of amides is 2. The number of fused-ring (bicyclic) bond motifs is 3. The molecule has 172 valence electrons. The van der Waals surface area contributed by atoms with E-state index in [4.69, 9.17) is 14.7 Å². The van der Waals surface area contributed by atoms with Crippen molar-refractivity contribution in [2.45, 2.75) is 45.0 Å². The van der Waals surface area contributed by atoms with Crippen molar-refractivity contribution in [3.63, 3.8) is 0 Å². The molecule has 2 aliphatic rings. The molecule has 2 aliphatic heterocycles. The van der Waals surface area contributed by atoms with Crippen LogP contribution in [0.5, 0.6) is 5.75 Å². The molecule has 0 spiro atoms. The van der Waals surface area contributed by atoms with Crippen LogP contribution in [0.4, 0.5) is 5.69 Å². The second-order valence-corrected chi connectivity index (χ2v) is 9.82. The fourth-order valence-electron chi connectivity index (χ4n) is 3.81. The van der Waals surface area contributed by atoms with Gasteiger partial charge < -0.3 is 10.1 Å². The standard InChI is InChI=1S/C25H28N4O3S/c1-15(2)12-21-24(31)29-22(27-21)19-10-5-6-11-20(19)28-25(29)33-16(3)23(30)26-14-17-8-7-9-18(13-17)32-4/h5-11,13,15-16,21H,12,14H2,1-4H3,(H,26,30)/t16-,21-/m0/s1. The highest BCUT2D eigenvalue weighted by molar-refractivity contribution is 8.15. The minimum Gasteiger partial charge on any atom is -0.497 e. The van der Waals surface area contributed by atoms with Gasteiger partial charge in [-0.1, -0.05) is 49.9 Å². The first-order valence-corrected chi connectivity index (χ1v) is 11.9. The molecular formula is C25H28N4O3S. The zero-order valence-electron chi connectivity index (χ0n) is 19.2. The topological polar surface area (TPSA) is 83.4 Å². The van der Waals surface area contributed by atoms with E-state index in [-0.39, 0.29) is 11.8 Å². The van der Waals surface area contributed by atoms with Gasteiger partial charge in [0, 0.05) is 12.1 Å². The van der Waals surface area contributed by atoms with E-state index in [1.807, 2.05) is 55.5 Å². The number of nitrogens with one attached hydrogen (secondary N) is 1. The summed E-state index contributed by atoms with van der Waals surface area (Å²) < 4.78 is 5.24. The largest absolute Gasteiger partial charge is 0.497 e. The maximum absolute atomic E-state index is 13.2. The third-order valence-corrected chi connectivity index (χ3v) is 6.55. The highest BCUT2D eigenvalue weighted by Crippen LogP contribution is 2.35. The monoisotopic (exact) mass is 464 g/mol. The van der Waals surface area contributed by atoms with Gasteiger partial charge in [-0.15, -0.1) is 0 Å². The van der Waals surface area contributed by atoms with Gasteiger partial charge in [-0.3, -0.25) is 14.6 Å². The highest BCUT2D eigenvalue weighted by Gasteiger charge is 2.42. The third kappa shape index (κ3) is 4.95. The Kier molecular flexibility index (Phi) is 6.83. The van der Waals surface area contributed by atoms with E-state index in [0.29, 0.717) is 29.9 Å². The van der Waals surface area contributed by atoms with Gasteiger partial charge in [0.25, 0.3) is 5.91 Å². The summed E-state index contributed by atoms with van der Waals surface area (Å²) in [5, 5.41) is 3.01. The van der Waals surface area contributed by atoms with Crippen molar-refractivity contribution in [3.8, 4) is 5.75 Å². The normalized spacial score (nSPS) is 17.8. The molecule has 0 aliphatic carbocycles. The molecule has 0 fully saturated rings. The summed E-state index contributed by atoms with van der Waals surface area (Å²) in [7, 11) is 1.61. The lowest BCUT2D eigenvalue weighted by atomic mass is 10.0. The molecule has 1 N–H and O–H groups in total. The molecule has 0 radical (unpaired) electrons. The van der Waals surface area contributed by atoms with E-state index in [9.17, 15) is 9.59 Å². The van der Waals surface area contributed by atoms with Gasteiger partial charge in [-0.25, -0.2) is 9.89 Å². The highest BCUT2D eigenvalue weighted by atomic mass is 32.2. The lowest BCUT2D eigenvalue weighted by molar-refractivity contribution is -0.125. The average molecular weight is 465 g/mol. The number of thioether (sulfide) groups is 1. The second-order valence-electron chi connectivity index (χ2n) is 8.51. The summed E-state index contributed by atoms with van der Waals surface area (Å²) in [6.07, 6.45) is 0.676. The Hall–Kier alpha value is -3.13. The van der Waals surface area contributed by atoms with Crippen LogP contribution < -0.4 is 10.1 Å². The van der Waals surface area contributed by atoms with E-state index in [1.54, 1.807) is 12.0 Å². The van der Waals surface area contributed by atoms with Gasteiger partial charge in [-0.05, 0) is 49.1 Å². The summed E-state index contributed by atoms with van der Waals surface area (Å²) in [5.74, 6) is 1.50.